The number of carbonyl (C=O) groups is 1. The number of hydrogen-bond donors (Lipinski definition) is 1. The lowest BCUT2D eigenvalue weighted by Crippen LogP contribution is -2.19. The van der Waals surface area contributed by atoms with Gasteiger partial charge in [-0.25, -0.2) is 4.99 Å². The summed E-state index contributed by atoms with van der Waals surface area (Å²) < 4.78 is 43.6. The second-order valence-electron chi connectivity index (χ2n) is 5.42. The quantitative estimate of drug-likeness (QED) is 0.700. The molecule has 140 valence electrons. The summed E-state index contributed by atoms with van der Waals surface area (Å²) in [5, 5.41) is 2.73. The lowest BCUT2D eigenvalue weighted by atomic mass is 10.2. The summed E-state index contributed by atoms with van der Waals surface area (Å²) in [4.78, 5) is 16.5. The maximum absolute atomic E-state index is 12.8. The Morgan fingerprint density at radius 1 is 1.19 bits per heavy atom. The molecule has 0 aromatic heterocycles. The number of amidine groups is 1. The Hall–Kier alpha value is -2.45. The van der Waals surface area contributed by atoms with Gasteiger partial charge >= 0.3 is 6.18 Å². The number of thioether (sulfide) groups is 1. The van der Waals surface area contributed by atoms with Crippen molar-refractivity contribution in [3.05, 3.63) is 63.5 Å². The number of methoxy groups -OCH3 is 1. The van der Waals surface area contributed by atoms with Crippen molar-refractivity contribution in [2.75, 3.05) is 7.11 Å². The number of nitrogens with zero attached hydrogens (tertiary/aromatic N) is 1. The molecule has 0 saturated carbocycles. The number of ether oxygens (including phenoxy) is 1. The third-order valence-electron chi connectivity index (χ3n) is 3.56. The summed E-state index contributed by atoms with van der Waals surface area (Å²) in [6.45, 7) is 0. The molecular formula is C18H12ClF3N2O2S. The number of nitrogens with one attached hydrogen (secondary N) is 1. The molecule has 0 atom stereocenters. The number of amides is 1. The van der Waals surface area contributed by atoms with Crippen LogP contribution < -0.4 is 10.1 Å². The molecule has 3 rings (SSSR count). The molecule has 27 heavy (non-hydrogen) atoms. The second-order valence-corrected chi connectivity index (χ2v) is 6.86. The van der Waals surface area contributed by atoms with Crippen LogP contribution >= 0.6 is 23.4 Å². The molecule has 1 aliphatic rings. The van der Waals surface area contributed by atoms with Crippen molar-refractivity contribution in [1.29, 1.82) is 0 Å². The van der Waals surface area contributed by atoms with E-state index >= 15 is 0 Å². The molecule has 2 aromatic carbocycles. The number of aliphatic imine (C=N–C) groups is 1. The number of rotatable bonds is 3. The molecule has 0 aliphatic carbocycles. The summed E-state index contributed by atoms with van der Waals surface area (Å²) in [6.07, 6.45) is -2.86. The number of carbonyl (C=O) groups excluding carboxylic acids is 1. The van der Waals surface area contributed by atoms with Crippen molar-refractivity contribution < 1.29 is 22.7 Å². The van der Waals surface area contributed by atoms with Gasteiger partial charge in [-0.1, -0.05) is 23.7 Å². The zero-order valence-electron chi connectivity index (χ0n) is 13.8. The van der Waals surface area contributed by atoms with E-state index in [0.717, 1.165) is 35.5 Å². The van der Waals surface area contributed by atoms with E-state index in [-0.39, 0.29) is 15.9 Å². The average molecular weight is 413 g/mol. The minimum absolute atomic E-state index is 0.0536. The Labute approximate surface area is 162 Å². The van der Waals surface area contributed by atoms with Crippen LogP contribution in [0.3, 0.4) is 0 Å². The Morgan fingerprint density at radius 2 is 1.89 bits per heavy atom. The molecule has 0 bridgehead atoms. The molecule has 1 heterocycles. The Morgan fingerprint density at radius 3 is 2.52 bits per heavy atom. The lowest BCUT2D eigenvalue weighted by molar-refractivity contribution is -0.137. The zero-order valence-corrected chi connectivity index (χ0v) is 15.4. The van der Waals surface area contributed by atoms with Crippen molar-refractivity contribution >= 4 is 46.2 Å². The summed E-state index contributed by atoms with van der Waals surface area (Å²) in [5.41, 5.74) is -0.165. The summed E-state index contributed by atoms with van der Waals surface area (Å²) in [6, 6.07) is 9.90. The van der Waals surface area contributed by atoms with E-state index < -0.39 is 17.6 Å². The minimum atomic E-state index is -4.51. The molecule has 1 fully saturated rings. The molecule has 1 amide bonds. The summed E-state index contributed by atoms with van der Waals surface area (Å²) in [7, 11) is 1.55. The van der Waals surface area contributed by atoms with Crippen LogP contribution in [0.4, 0.5) is 18.9 Å². The highest BCUT2D eigenvalue weighted by atomic mass is 35.5. The topological polar surface area (TPSA) is 50.7 Å². The number of halogens is 4. The first kappa shape index (κ1) is 19.3. The first-order valence-electron chi connectivity index (χ1n) is 7.56. The van der Waals surface area contributed by atoms with Crippen molar-refractivity contribution in [3.8, 4) is 5.75 Å². The van der Waals surface area contributed by atoms with E-state index in [1.165, 1.54) is 0 Å². The molecule has 2 aromatic rings. The smallest absolute Gasteiger partial charge is 0.416 e. The third-order valence-corrected chi connectivity index (χ3v) is 4.79. The van der Waals surface area contributed by atoms with Gasteiger partial charge in [-0.3, -0.25) is 4.79 Å². The van der Waals surface area contributed by atoms with Gasteiger partial charge in [0.2, 0.25) is 0 Å². The SMILES string of the molecule is COc1ccc(C=C2SC(=Nc3cc(C(F)(F)F)ccc3Cl)NC2=O)cc1. The zero-order chi connectivity index (χ0) is 19.6. The van der Waals surface area contributed by atoms with Crippen LogP contribution in [0.25, 0.3) is 6.08 Å². The summed E-state index contributed by atoms with van der Waals surface area (Å²) >= 11 is 6.95. The fourth-order valence-electron chi connectivity index (χ4n) is 2.22. The molecule has 9 heteroatoms. The van der Waals surface area contributed by atoms with Crippen molar-refractivity contribution in [2.45, 2.75) is 6.18 Å². The van der Waals surface area contributed by atoms with Crippen LogP contribution in [-0.2, 0) is 11.0 Å². The van der Waals surface area contributed by atoms with Crippen LogP contribution in [0.5, 0.6) is 5.75 Å². The third kappa shape index (κ3) is 4.64. The molecule has 0 unspecified atom stereocenters. The maximum Gasteiger partial charge on any atom is 0.416 e. The molecule has 0 radical (unpaired) electrons. The molecule has 1 N–H and O–H groups in total. The van der Waals surface area contributed by atoms with Gasteiger partial charge in [-0.05, 0) is 53.7 Å². The Balaban J connectivity index is 1.85. The van der Waals surface area contributed by atoms with Crippen LogP contribution in [0.2, 0.25) is 5.02 Å². The fourth-order valence-corrected chi connectivity index (χ4v) is 3.21. The van der Waals surface area contributed by atoms with Crippen LogP contribution in [-0.4, -0.2) is 18.2 Å². The largest absolute Gasteiger partial charge is 0.497 e. The average Bonchev–Trinajstić information content (AvgIpc) is 2.96. The van der Waals surface area contributed by atoms with E-state index in [2.05, 4.69) is 10.3 Å². The van der Waals surface area contributed by atoms with E-state index in [4.69, 9.17) is 16.3 Å². The van der Waals surface area contributed by atoms with E-state index in [1.54, 1.807) is 37.5 Å². The molecule has 1 saturated heterocycles. The highest BCUT2D eigenvalue weighted by molar-refractivity contribution is 8.18. The van der Waals surface area contributed by atoms with Crippen LogP contribution in [0.1, 0.15) is 11.1 Å². The standard InChI is InChI=1S/C18H12ClF3N2O2S/c1-26-12-5-2-10(3-6-12)8-15-16(25)24-17(27-15)23-14-9-11(18(20,21)22)4-7-13(14)19/h2-9H,1H3,(H,23,24,25). The van der Waals surface area contributed by atoms with Gasteiger partial charge in [0.15, 0.2) is 5.17 Å². The number of alkyl halides is 3. The van der Waals surface area contributed by atoms with Gasteiger partial charge in [0, 0.05) is 0 Å². The normalized spacial score (nSPS) is 17.4. The predicted octanol–water partition coefficient (Wildman–Crippen LogP) is 5.26. The molecule has 4 nitrogen and oxygen atoms in total. The molecular weight excluding hydrogens is 401 g/mol. The van der Waals surface area contributed by atoms with Crippen molar-refractivity contribution in [2.24, 2.45) is 4.99 Å². The maximum atomic E-state index is 12.8. The first-order chi connectivity index (χ1) is 12.8. The van der Waals surface area contributed by atoms with Gasteiger partial charge in [0.25, 0.3) is 5.91 Å². The number of hydrogen-bond acceptors (Lipinski definition) is 4. The Kier molecular flexibility index (Phi) is 5.48. The first-order valence-corrected chi connectivity index (χ1v) is 8.76. The van der Waals surface area contributed by atoms with Gasteiger partial charge in [-0.2, -0.15) is 13.2 Å². The lowest BCUT2D eigenvalue weighted by Gasteiger charge is -2.08. The van der Waals surface area contributed by atoms with Gasteiger partial charge in [0.05, 0.1) is 28.3 Å². The highest BCUT2D eigenvalue weighted by Gasteiger charge is 2.31. The predicted molar refractivity (Wildman–Crippen MR) is 100 cm³/mol. The highest BCUT2D eigenvalue weighted by Crippen LogP contribution is 2.36. The van der Waals surface area contributed by atoms with Gasteiger partial charge in [0.1, 0.15) is 5.75 Å². The fraction of sp³-hybridized carbons (Fsp3) is 0.111. The van der Waals surface area contributed by atoms with Gasteiger partial charge in [-0.15, -0.1) is 0 Å². The van der Waals surface area contributed by atoms with Crippen LogP contribution in [0.15, 0.2) is 52.4 Å². The van der Waals surface area contributed by atoms with Crippen molar-refractivity contribution in [1.82, 2.24) is 5.32 Å². The molecule has 1 aliphatic heterocycles. The monoisotopic (exact) mass is 412 g/mol. The summed E-state index contributed by atoms with van der Waals surface area (Å²) in [5.74, 6) is 0.291. The van der Waals surface area contributed by atoms with Gasteiger partial charge < -0.3 is 10.1 Å². The Bertz CT molecular complexity index is 941. The van der Waals surface area contributed by atoms with E-state index in [1.807, 2.05) is 0 Å². The van der Waals surface area contributed by atoms with Crippen LogP contribution in [0, 0.1) is 0 Å². The second kappa shape index (κ2) is 7.66. The number of benzene rings is 2. The molecule has 0 spiro atoms. The van der Waals surface area contributed by atoms with E-state index in [9.17, 15) is 18.0 Å². The minimum Gasteiger partial charge on any atom is -0.497 e. The van der Waals surface area contributed by atoms with Crippen molar-refractivity contribution in [3.63, 3.8) is 0 Å². The van der Waals surface area contributed by atoms with E-state index in [0.29, 0.717) is 10.7 Å².